The van der Waals surface area contributed by atoms with Crippen LogP contribution < -0.4 is 10.6 Å². The van der Waals surface area contributed by atoms with Crippen LogP contribution in [0.1, 0.15) is 6.92 Å². The summed E-state index contributed by atoms with van der Waals surface area (Å²) in [4.78, 5) is 22.7. The average molecular weight is 257 g/mol. The third-order valence-electron chi connectivity index (χ3n) is 1.89. The van der Waals surface area contributed by atoms with Crippen LogP contribution in [-0.2, 0) is 9.59 Å². The lowest BCUT2D eigenvalue weighted by Crippen LogP contribution is -2.38. The summed E-state index contributed by atoms with van der Waals surface area (Å²) in [6, 6.07) is 6.59. The fourth-order valence-corrected chi connectivity index (χ4v) is 1.25. The topological polar surface area (TPSA) is 78.4 Å². The molecule has 17 heavy (non-hydrogen) atoms. The Balaban J connectivity index is 2.55. The van der Waals surface area contributed by atoms with Crippen molar-refractivity contribution in [3.8, 4) is 0 Å². The van der Waals surface area contributed by atoms with Gasteiger partial charge in [-0.3, -0.25) is 9.59 Å². The predicted octanol–water partition coefficient (Wildman–Crippen LogP) is 0.775. The fourth-order valence-electron chi connectivity index (χ4n) is 1.06. The van der Waals surface area contributed by atoms with E-state index in [1.54, 1.807) is 24.3 Å². The minimum Gasteiger partial charge on any atom is -0.392 e. The molecule has 0 aliphatic carbocycles. The van der Waals surface area contributed by atoms with E-state index < -0.39 is 17.9 Å². The summed E-state index contributed by atoms with van der Waals surface area (Å²) < 4.78 is 0. The fraction of sp³-hybridized carbons (Fsp3) is 0.273. The molecule has 0 fully saturated rings. The van der Waals surface area contributed by atoms with Gasteiger partial charge in [0.1, 0.15) is 0 Å². The van der Waals surface area contributed by atoms with E-state index in [0.29, 0.717) is 10.7 Å². The quantitative estimate of drug-likeness (QED) is 0.699. The summed E-state index contributed by atoms with van der Waals surface area (Å²) in [6.45, 7) is 1.53. The molecule has 1 atom stereocenters. The molecule has 0 saturated heterocycles. The van der Waals surface area contributed by atoms with Gasteiger partial charge in [0.15, 0.2) is 0 Å². The van der Waals surface area contributed by atoms with Gasteiger partial charge >= 0.3 is 11.8 Å². The minimum absolute atomic E-state index is 0.0226. The van der Waals surface area contributed by atoms with Crippen molar-refractivity contribution in [2.45, 2.75) is 13.0 Å². The molecule has 92 valence electrons. The molecule has 2 amide bonds. The van der Waals surface area contributed by atoms with Crippen molar-refractivity contribution in [1.29, 1.82) is 0 Å². The largest absolute Gasteiger partial charge is 0.392 e. The van der Waals surface area contributed by atoms with E-state index in [9.17, 15) is 9.59 Å². The number of aliphatic hydroxyl groups excluding tert-OH is 1. The molecule has 0 aliphatic heterocycles. The number of carbonyl (C=O) groups is 2. The lowest BCUT2D eigenvalue weighted by Gasteiger charge is -2.08. The number of rotatable bonds is 3. The molecule has 1 aromatic carbocycles. The number of benzene rings is 1. The second-order valence-electron chi connectivity index (χ2n) is 3.49. The maximum atomic E-state index is 11.4. The number of anilines is 1. The van der Waals surface area contributed by atoms with E-state index >= 15 is 0 Å². The highest BCUT2D eigenvalue weighted by Crippen LogP contribution is 2.19. The summed E-state index contributed by atoms with van der Waals surface area (Å²) in [6.07, 6.45) is -0.702. The van der Waals surface area contributed by atoms with E-state index in [2.05, 4.69) is 10.6 Å². The molecular weight excluding hydrogens is 244 g/mol. The maximum Gasteiger partial charge on any atom is 0.313 e. The standard InChI is InChI=1S/C11H13ClN2O3/c1-7(15)6-13-10(16)11(17)14-9-5-3-2-4-8(9)12/h2-5,7,15H,6H2,1H3,(H,13,16)(H,14,17)/t7-/m0/s1. The first kappa shape index (κ1) is 13.5. The molecule has 0 radical (unpaired) electrons. The van der Waals surface area contributed by atoms with Crippen LogP contribution in [0.2, 0.25) is 5.02 Å². The van der Waals surface area contributed by atoms with Gasteiger partial charge in [0.25, 0.3) is 0 Å². The maximum absolute atomic E-state index is 11.4. The zero-order valence-electron chi connectivity index (χ0n) is 9.24. The normalized spacial score (nSPS) is 11.7. The van der Waals surface area contributed by atoms with Crippen LogP contribution in [0.15, 0.2) is 24.3 Å². The van der Waals surface area contributed by atoms with Gasteiger partial charge in [-0.15, -0.1) is 0 Å². The molecule has 0 spiro atoms. The van der Waals surface area contributed by atoms with Gasteiger partial charge in [-0.2, -0.15) is 0 Å². The number of amides is 2. The van der Waals surface area contributed by atoms with Crippen LogP contribution >= 0.6 is 11.6 Å². The molecule has 6 heteroatoms. The van der Waals surface area contributed by atoms with Gasteiger partial charge in [0, 0.05) is 6.54 Å². The van der Waals surface area contributed by atoms with Gasteiger partial charge in [-0.05, 0) is 19.1 Å². The molecule has 5 nitrogen and oxygen atoms in total. The van der Waals surface area contributed by atoms with Gasteiger partial charge < -0.3 is 15.7 Å². The van der Waals surface area contributed by atoms with E-state index in [1.807, 2.05) is 0 Å². The Morgan fingerprint density at radius 2 is 2.00 bits per heavy atom. The van der Waals surface area contributed by atoms with Crippen molar-refractivity contribution in [2.75, 3.05) is 11.9 Å². The van der Waals surface area contributed by atoms with Crippen LogP contribution in [-0.4, -0.2) is 29.6 Å². The van der Waals surface area contributed by atoms with Crippen molar-refractivity contribution >= 4 is 29.1 Å². The highest BCUT2D eigenvalue weighted by Gasteiger charge is 2.14. The van der Waals surface area contributed by atoms with Crippen molar-refractivity contribution < 1.29 is 14.7 Å². The monoisotopic (exact) mass is 256 g/mol. The Labute approximate surface area is 104 Å². The number of nitrogens with one attached hydrogen (secondary N) is 2. The second-order valence-corrected chi connectivity index (χ2v) is 3.90. The van der Waals surface area contributed by atoms with Gasteiger partial charge in [0.05, 0.1) is 16.8 Å². The predicted molar refractivity (Wildman–Crippen MR) is 64.8 cm³/mol. The summed E-state index contributed by atoms with van der Waals surface area (Å²) in [5.41, 5.74) is 0.367. The average Bonchev–Trinajstić information content (AvgIpc) is 2.28. The van der Waals surface area contributed by atoms with Gasteiger partial charge in [-0.25, -0.2) is 0 Å². The first-order valence-corrected chi connectivity index (χ1v) is 5.40. The van der Waals surface area contributed by atoms with Crippen LogP contribution in [0.3, 0.4) is 0 Å². The Hall–Kier alpha value is -1.59. The third-order valence-corrected chi connectivity index (χ3v) is 2.22. The first-order valence-electron chi connectivity index (χ1n) is 5.02. The molecule has 1 aromatic rings. The van der Waals surface area contributed by atoms with E-state index in [1.165, 1.54) is 6.92 Å². The molecule has 0 bridgehead atoms. The number of para-hydroxylation sites is 1. The number of carbonyl (C=O) groups excluding carboxylic acids is 2. The number of hydrogen-bond acceptors (Lipinski definition) is 3. The number of halogens is 1. The highest BCUT2D eigenvalue weighted by molar-refractivity contribution is 6.41. The molecule has 0 unspecified atom stereocenters. The Morgan fingerprint density at radius 1 is 1.35 bits per heavy atom. The minimum atomic E-state index is -0.821. The second kappa shape index (κ2) is 6.22. The van der Waals surface area contributed by atoms with E-state index in [-0.39, 0.29) is 6.54 Å². The lowest BCUT2D eigenvalue weighted by atomic mass is 10.3. The lowest BCUT2D eigenvalue weighted by molar-refractivity contribution is -0.136. The van der Waals surface area contributed by atoms with Crippen LogP contribution in [0.5, 0.6) is 0 Å². The highest BCUT2D eigenvalue weighted by atomic mass is 35.5. The summed E-state index contributed by atoms with van der Waals surface area (Å²) in [5.74, 6) is -1.63. The van der Waals surface area contributed by atoms with Crippen molar-refractivity contribution in [3.05, 3.63) is 29.3 Å². The molecule has 1 rings (SSSR count). The number of hydrogen-bond donors (Lipinski definition) is 3. The van der Waals surface area contributed by atoms with Crippen molar-refractivity contribution in [3.63, 3.8) is 0 Å². The van der Waals surface area contributed by atoms with E-state index in [0.717, 1.165) is 0 Å². The summed E-state index contributed by atoms with van der Waals surface area (Å²) >= 11 is 5.81. The Morgan fingerprint density at radius 3 is 2.59 bits per heavy atom. The molecule has 0 heterocycles. The SMILES string of the molecule is C[C@H](O)CNC(=O)C(=O)Nc1ccccc1Cl. The molecule has 0 aliphatic rings. The molecule has 0 aromatic heterocycles. The van der Waals surface area contributed by atoms with E-state index in [4.69, 9.17) is 16.7 Å². The zero-order chi connectivity index (χ0) is 12.8. The molecule has 0 saturated carbocycles. The summed E-state index contributed by atoms with van der Waals surface area (Å²) in [5, 5.41) is 13.9. The van der Waals surface area contributed by atoms with Gasteiger partial charge in [0.2, 0.25) is 0 Å². The summed E-state index contributed by atoms with van der Waals surface area (Å²) in [7, 11) is 0. The first-order chi connectivity index (χ1) is 8.00. The molecule has 3 N–H and O–H groups in total. The zero-order valence-corrected chi connectivity index (χ0v) is 9.99. The van der Waals surface area contributed by atoms with Gasteiger partial charge in [-0.1, -0.05) is 23.7 Å². The van der Waals surface area contributed by atoms with Crippen LogP contribution in [0.25, 0.3) is 0 Å². The van der Waals surface area contributed by atoms with Crippen molar-refractivity contribution in [1.82, 2.24) is 5.32 Å². The third kappa shape index (κ3) is 4.42. The van der Waals surface area contributed by atoms with Crippen molar-refractivity contribution in [2.24, 2.45) is 0 Å². The Kier molecular flexibility index (Phi) is 4.93. The van der Waals surface area contributed by atoms with Crippen LogP contribution in [0, 0.1) is 0 Å². The smallest absolute Gasteiger partial charge is 0.313 e. The van der Waals surface area contributed by atoms with Crippen LogP contribution in [0.4, 0.5) is 5.69 Å². The Bertz CT molecular complexity index is 421. The molecular formula is C11H13ClN2O3. The number of aliphatic hydroxyl groups is 1.